The summed E-state index contributed by atoms with van der Waals surface area (Å²) in [6, 6.07) is 22.1. The van der Waals surface area contributed by atoms with Crippen molar-refractivity contribution in [1.29, 1.82) is 0 Å². The maximum Gasteiger partial charge on any atom is 0.118 e. The van der Waals surface area contributed by atoms with E-state index in [1.165, 1.54) is 10.9 Å². The van der Waals surface area contributed by atoms with Crippen LogP contribution in [-0.2, 0) is 6.16 Å². The molecule has 1 atom stereocenters. The van der Waals surface area contributed by atoms with Crippen molar-refractivity contribution in [3.05, 3.63) is 66.2 Å². The Kier molecular flexibility index (Phi) is 5.57. The topological polar surface area (TPSA) is 3.24 Å². The maximum atomic E-state index is 2.79. The second kappa shape index (κ2) is 6.98. The molecule has 1 nitrogen and oxygen atoms in total. The maximum absolute atomic E-state index is 2.79. The number of nitrogens with zero attached hydrogens (tertiary/aromatic N) is 1. The molecular weight excluding hydrogens is 309 g/mol. The molecule has 0 heterocycles. The van der Waals surface area contributed by atoms with Gasteiger partial charge in [0.1, 0.15) is 18.9 Å². The first kappa shape index (κ1) is 19.2. The Morgan fingerprint density at radius 1 is 0.708 bits per heavy atom. The highest BCUT2D eigenvalue weighted by Crippen LogP contribution is 2.65. The largest absolute Gasteiger partial charge is 0.165 e. The molecule has 0 bridgehead atoms. The molecule has 2 heteroatoms. The van der Waals surface area contributed by atoms with Gasteiger partial charge in [0.25, 0.3) is 0 Å². The Balaban J connectivity index is 2.61. The van der Waals surface area contributed by atoms with Crippen LogP contribution >= 0.6 is 7.41 Å². The highest BCUT2D eigenvalue weighted by atomic mass is 31.2. The molecule has 2 aromatic carbocycles. The average molecular weight is 342 g/mol. The molecule has 0 saturated heterocycles. The van der Waals surface area contributed by atoms with Crippen LogP contribution in [0.15, 0.2) is 60.7 Å². The Morgan fingerprint density at radius 2 is 1.12 bits per heavy atom. The quantitative estimate of drug-likeness (QED) is 0.618. The van der Waals surface area contributed by atoms with E-state index >= 15 is 0 Å². The van der Waals surface area contributed by atoms with Crippen molar-refractivity contribution in [3.8, 4) is 0 Å². The SMILES string of the molecule is CC(C)(C)N(C(C)(C)C)[P+](C)(Cc1ccccc1)c1ccccc1. The zero-order chi connectivity index (χ0) is 18.0. The summed E-state index contributed by atoms with van der Waals surface area (Å²) in [5.74, 6) is 0. The van der Waals surface area contributed by atoms with Crippen LogP contribution in [0.2, 0.25) is 0 Å². The Hall–Kier alpha value is -1.17. The van der Waals surface area contributed by atoms with Crippen LogP contribution in [0.5, 0.6) is 0 Å². The van der Waals surface area contributed by atoms with Gasteiger partial charge in [-0.1, -0.05) is 48.5 Å². The van der Waals surface area contributed by atoms with Crippen LogP contribution in [0, 0.1) is 0 Å². The van der Waals surface area contributed by atoms with Crippen molar-refractivity contribution in [1.82, 2.24) is 4.67 Å². The van der Waals surface area contributed by atoms with Gasteiger partial charge in [0.15, 0.2) is 0 Å². The molecule has 0 amide bonds. The second-order valence-electron chi connectivity index (χ2n) is 8.77. The molecule has 24 heavy (non-hydrogen) atoms. The van der Waals surface area contributed by atoms with E-state index in [0.29, 0.717) is 0 Å². The molecule has 2 rings (SSSR count). The minimum Gasteiger partial charge on any atom is -0.165 e. The molecule has 0 N–H and O–H groups in total. The van der Waals surface area contributed by atoms with Crippen LogP contribution in [0.25, 0.3) is 0 Å². The van der Waals surface area contributed by atoms with Crippen molar-refractivity contribution in [2.24, 2.45) is 0 Å². The van der Waals surface area contributed by atoms with Crippen LogP contribution in [0.3, 0.4) is 0 Å². The van der Waals surface area contributed by atoms with Crippen LogP contribution < -0.4 is 5.30 Å². The van der Waals surface area contributed by atoms with E-state index in [9.17, 15) is 0 Å². The summed E-state index contributed by atoms with van der Waals surface area (Å²) >= 11 is 0. The third kappa shape index (κ3) is 4.26. The van der Waals surface area contributed by atoms with Crippen molar-refractivity contribution in [3.63, 3.8) is 0 Å². The first-order valence-electron chi connectivity index (χ1n) is 8.81. The predicted molar refractivity (Wildman–Crippen MR) is 110 cm³/mol. The molecule has 0 aromatic heterocycles. The van der Waals surface area contributed by atoms with E-state index in [0.717, 1.165) is 6.16 Å². The minimum absolute atomic E-state index is 0.103. The summed E-state index contributed by atoms with van der Waals surface area (Å²) in [5.41, 5.74) is 1.63. The van der Waals surface area contributed by atoms with Gasteiger partial charge in [0.05, 0.1) is 6.66 Å². The predicted octanol–water partition coefficient (Wildman–Crippen LogP) is 5.97. The van der Waals surface area contributed by atoms with Gasteiger partial charge < -0.3 is 0 Å². The van der Waals surface area contributed by atoms with E-state index in [1.807, 2.05) is 0 Å². The summed E-state index contributed by atoms with van der Waals surface area (Å²) in [7, 11) is -1.56. The van der Waals surface area contributed by atoms with E-state index in [-0.39, 0.29) is 11.1 Å². The Labute approximate surface area is 149 Å². The second-order valence-corrected chi connectivity index (χ2v) is 12.3. The lowest BCUT2D eigenvalue weighted by Crippen LogP contribution is -2.53. The van der Waals surface area contributed by atoms with Gasteiger partial charge in [0.2, 0.25) is 0 Å². The van der Waals surface area contributed by atoms with Gasteiger partial charge in [0, 0.05) is 11.1 Å². The fraction of sp³-hybridized carbons (Fsp3) is 0.455. The van der Waals surface area contributed by atoms with Gasteiger partial charge in [-0.05, 0) is 59.2 Å². The lowest BCUT2D eigenvalue weighted by atomic mass is 10.0. The highest BCUT2D eigenvalue weighted by Gasteiger charge is 2.52. The summed E-state index contributed by atoms with van der Waals surface area (Å²) < 4.78 is 2.79. The Bertz CT molecular complexity index is 623. The molecule has 0 aliphatic carbocycles. The Morgan fingerprint density at radius 3 is 1.54 bits per heavy atom. The molecular formula is C22H33NP+. The molecule has 0 saturated carbocycles. The number of rotatable bonds is 4. The fourth-order valence-corrected chi connectivity index (χ4v) is 9.24. The van der Waals surface area contributed by atoms with Crippen molar-refractivity contribution in [2.45, 2.75) is 58.8 Å². The van der Waals surface area contributed by atoms with Crippen LogP contribution in [-0.4, -0.2) is 22.4 Å². The minimum atomic E-state index is -1.56. The van der Waals surface area contributed by atoms with Gasteiger partial charge in [-0.2, -0.15) is 4.67 Å². The van der Waals surface area contributed by atoms with Gasteiger partial charge in [-0.3, -0.25) is 0 Å². The van der Waals surface area contributed by atoms with Gasteiger partial charge in [-0.15, -0.1) is 0 Å². The zero-order valence-electron chi connectivity index (χ0n) is 16.4. The standard InChI is InChI=1S/C22H33NP/c1-21(2,3)23(22(4,5)6)24(7,20-16-12-9-13-17-20)18-19-14-10-8-11-15-19/h8-17H,18H2,1-7H3/q+1. The third-order valence-electron chi connectivity index (χ3n) is 4.36. The lowest BCUT2D eigenvalue weighted by molar-refractivity contribution is 0.145. The van der Waals surface area contributed by atoms with Crippen LogP contribution in [0.1, 0.15) is 47.1 Å². The molecule has 0 aliphatic heterocycles. The fourth-order valence-electron chi connectivity index (χ4n) is 4.30. The summed E-state index contributed by atoms with van der Waals surface area (Å²) in [6.45, 7) is 16.6. The number of hydrogen-bond donors (Lipinski definition) is 0. The van der Waals surface area contributed by atoms with Gasteiger partial charge in [-0.25, -0.2) is 0 Å². The normalized spacial score (nSPS) is 15.3. The molecule has 0 fully saturated rings. The third-order valence-corrected chi connectivity index (χ3v) is 8.83. The summed E-state index contributed by atoms with van der Waals surface area (Å²) in [5, 5.41) is 1.48. The molecule has 130 valence electrons. The first-order valence-corrected chi connectivity index (χ1v) is 11.2. The molecule has 1 unspecified atom stereocenters. The van der Waals surface area contributed by atoms with E-state index in [1.54, 1.807) is 0 Å². The van der Waals surface area contributed by atoms with Crippen molar-refractivity contribution < 1.29 is 0 Å². The highest BCUT2D eigenvalue weighted by molar-refractivity contribution is 7.79. The van der Waals surface area contributed by atoms with Gasteiger partial charge >= 0.3 is 0 Å². The summed E-state index contributed by atoms with van der Waals surface area (Å²) in [6.07, 6.45) is 1.10. The van der Waals surface area contributed by atoms with E-state index < -0.39 is 7.41 Å². The zero-order valence-corrected chi connectivity index (χ0v) is 17.3. The van der Waals surface area contributed by atoms with E-state index in [4.69, 9.17) is 0 Å². The molecule has 0 radical (unpaired) electrons. The van der Waals surface area contributed by atoms with Crippen molar-refractivity contribution in [2.75, 3.05) is 6.66 Å². The summed E-state index contributed by atoms with van der Waals surface area (Å²) in [4.78, 5) is 0. The molecule has 0 aliphatic rings. The lowest BCUT2D eigenvalue weighted by Gasteiger charge is -2.49. The van der Waals surface area contributed by atoms with Crippen LogP contribution in [0.4, 0.5) is 0 Å². The number of hydrogen-bond acceptors (Lipinski definition) is 1. The average Bonchev–Trinajstić information content (AvgIpc) is 2.46. The molecule has 0 spiro atoms. The first-order chi connectivity index (χ1) is 11.0. The molecule has 2 aromatic rings. The smallest absolute Gasteiger partial charge is 0.118 e. The number of benzene rings is 2. The van der Waals surface area contributed by atoms with Crippen molar-refractivity contribution >= 4 is 12.7 Å². The monoisotopic (exact) mass is 342 g/mol. The van der Waals surface area contributed by atoms with E-state index in [2.05, 4.69) is 114 Å².